The highest BCUT2D eigenvalue weighted by molar-refractivity contribution is 5.38. The molecule has 0 aliphatic carbocycles. The number of benzene rings is 1. The molecule has 1 saturated heterocycles. The van der Waals surface area contributed by atoms with Gasteiger partial charge in [0, 0.05) is 12.5 Å². The van der Waals surface area contributed by atoms with Crippen molar-refractivity contribution in [3.63, 3.8) is 0 Å². The predicted molar refractivity (Wildman–Crippen MR) is 71.6 cm³/mol. The van der Waals surface area contributed by atoms with Crippen LogP contribution in [0.3, 0.4) is 0 Å². The largest absolute Gasteiger partial charge is 0.493 e. The van der Waals surface area contributed by atoms with Gasteiger partial charge in [-0.25, -0.2) is 0 Å². The Morgan fingerprint density at radius 1 is 1.29 bits per heavy atom. The van der Waals surface area contributed by atoms with Gasteiger partial charge in [-0.2, -0.15) is 0 Å². The van der Waals surface area contributed by atoms with Crippen LogP contribution in [0.1, 0.15) is 32.8 Å². The lowest BCUT2D eigenvalue weighted by atomic mass is 9.86. The molecule has 94 valence electrons. The number of hydrogen-bond donors (Lipinski definition) is 1. The second kappa shape index (κ2) is 5.09. The molecule has 0 spiro atoms. The average Bonchev–Trinajstić information content (AvgIpc) is 2.78. The fraction of sp³-hybridized carbons (Fsp3) is 0.600. The van der Waals surface area contributed by atoms with Crippen LogP contribution in [-0.2, 0) is 5.41 Å². The van der Waals surface area contributed by atoms with Crippen molar-refractivity contribution >= 4 is 0 Å². The first-order chi connectivity index (χ1) is 8.07. The fourth-order valence-corrected chi connectivity index (χ4v) is 2.28. The smallest absolute Gasteiger partial charge is 0.123 e. The maximum absolute atomic E-state index is 6.01. The van der Waals surface area contributed by atoms with Crippen molar-refractivity contribution in [2.45, 2.75) is 32.6 Å². The summed E-state index contributed by atoms with van der Waals surface area (Å²) < 4.78 is 6.01. The fourth-order valence-electron chi connectivity index (χ4n) is 2.28. The minimum absolute atomic E-state index is 0.143. The maximum atomic E-state index is 6.01. The van der Waals surface area contributed by atoms with Gasteiger partial charge in [0.2, 0.25) is 0 Å². The van der Waals surface area contributed by atoms with Gasteiger partial charge in [-0.15, -0.1) is 0 Å². The Balaban J connectivity index is 2.04. The summed E-state index contributed by atoms with van der Waals surface area (Å²) in [5.41, 5.74) is 1.44. The summed E-state index contributed by atoms with van der Waals surface area (Å²) in [7, 11) is 0. The van der Waals surface area contributed by atoms with E-state index in [1.165, 1.54) is 12.0 Å². The van der Waals surface area contributed by atoms with Gasteiger partial charge in [0.25, 0.3) is 0 Å². The first-order valence-electron chi connectivity index (χ1n) is 6.50. The Morgan fingerprint density at radius 3 is 2.71 bits per heavy atom. The van der Waals surface area contributed by atoms with Crippen LogP contribution in [0.5, 0.6) is 5.75 Å². The molecule has 1 N–H and O–H groups in total. The van der Waals surface area contributed by atoms with Gasteiger partial charge < -0.3 is 10.1 Å². The Kier molecular flexibility index (Phi) is 3.72. The van der Waals surface area contributed by atoms with E-state index in [0.29, 0.717) is 5.92 Å². The molecule has 1 unspecified atom stereocenters. The van der Waals surface area contributed by atoms with E-state index in [4.69, 9.17) is 4.74 Å². The molecule has 2 rings (SSSR count). The van der Waals surface area contributed by atoms with E-state index in [-0.39, 0.29) is 5.41 Å². The summed E-state index contributed by atoms with van der Waals surface area (Å²) in [6, 6.07) is 8.40. The molecule has 1 atom stereocenters. The molecule has 17 heavy (non-hydrogen) atoms. The molecule has 0 saturated carbocycles. The Hall–Kier alpha value is -1.02. The minimum Gasteiger partial charge on any atom is -0.493 e. The second-order valence-corrected chi connectivity index (χ2v) is 5.92. The number of ether oxygens (including phenoxy) is 1. The van der Waals surface area contributed by atoms with Crippen molar-refractivity contribution in [2.24, 2.45) is 5.92 Å². The van der Waals surface area contributed by atoms with Crippen LogP contribution >= 0.6 is 0 Å². The van der Waals surface area contributed by atoms with Gasteiger partial charge in [-0.05, 0) is 30.0 Å². The van der Waals surface area contributed by atoms with Crippen molar-refractivity contribution in [3.8, 4) is 5.75 Å². The third-order valence-electron chi connectivity index (χ3n) is 3.33. The van der Waals surface area contributed by atoms with Gasteiger partial charge in [0.15, 0.2) is 0 Å². The molecular formula is C15H23NO. The molecule has 1 aliphatic rings. The van der Waals surface area contributed by atoms with Gasteiger partial charge in [0.1, 0.15) is 5.75 Å². The van der Waals surface area contributed by atoms with E-state index < -0.39 is 0 Å². The van der Waals surface area contributed by atoms with Crippen LogP contribution in [0.4, 0.5) is 0 Å². The quantitative estimate of drug-likeness (QED) is 0.866. The zero-order chi connectivity index (χ0) is 12.3. The van der Waals surface area contributed by atoms with E-state index in [1.54, 1.807) is 0 Å². The van der Waals surface area contributed by atoms with E-state index in [1.807, 2.05) is 0 Å². The van der Waals surface area contributed by atoms with E-state index in [2.05, 4.69) is 50.4 Å². The lowest BCUT2D eigenvalue weighted by Crippen LogP contribution is -2.18. The Bertz CT molecular complexity index is 361. The SMILES string of the molecule is CC(C)(C)c1ccccc1OCC1CCNC1. The summed E-state index contributed by atoms with van der Waals surface area (Å²) in [5, 5.41) is 3.37. The van der Waals surface area contributed by atoms with Crippen molar-refractivity contribution in [3.05, 3.63) is 29.8 Å². The zero-order valence-corrected chi connectivity index (χ0v) is 11.1. The van der Waals surface area contributed by atoms with Crippen LogP contribution in [0.2, 0.25) is 0 Å². The van der Waals surface area contributed by atoms with Crippen LogP contribution in [0, 0.1) is 5.92 Å². The lowest BCUT2D eigenvalue weighted by molar-refractivity contribution is 0.254. The highest BCUT2D eigenvalue weighted by atomic mass is 16.5. The minimum atomic E-state index is 0.143. The summed E-state index contributed by atoms with van der Waals surface area (Å²) in [6.45, 7) is 9.75. The number of hydrogen-bond acceptors (Lipinski definition) is 2. The number of rotatable bonds is 3. The Morgan fingerprint density at radius 2 is 2.06 bits per heavy atom. The van der Waals surface area contributed by atoms with Crippen molar-refractivity contribution in [1.82, 2.24) is 5.32 Å². The summed E-state index contributed by atoms with van der Waals surface area (Å²) in [4.78, 5) is 0. The third-order valence-corrected chi connectivity index (χ3v) is 3.33. The summed E-state index contributed by atoms with van der Waals surface area (Å²) in [6.07, 6.45) is 1.23. The molecule has 1 aromatic carbocycles. The van der Waals surface area contributed by atoms with Gasteiger partial charge in [-0.1, -0.05) is 39.0 Å². The monoisotopic (exact) mass is 233 g/mol. The third kappa shape index (κ3) is 3.22. The zero-order valence-electron chi connectivity index (χ0n) is 11.1. The first-order valence-corrected chi connectivity index (χ1v) is 6.50. The molecular weight excluding hydrogens is 210 g/mol. The molecule has 1 aromatic rings. The van der Waals surface area contributed by atoms with Crippen LogP contribution in [0.15, 0.2) is 24.3 Å². The van der Waals surface area contributed by atoms with Gasteiger partial charge >= 0.3 is 0 Å². The molecule has 0 amide bonds. The standard InChI is InChI=1S/C15H23NO/c1-15(2,3)13-6-4-5-7-14(13)17-11-12-8-9-16-10-12/h4-7,12,16H,8-11H2,1-3H3. The molecule has 1 heterocycles. The summed E-state index contributed by atoms with van der Waals surface area (Å²) >= 11 is 0. The molecule has 1 aliphatic heterocycles. The number of nitrogens with one attached hydrogen (secondary N) is 1. The lowest BCUT2D eigenvalue weighted by Gasteiger charge is -2.23. The molecule has 0 aromatic heterocycles. The number of para-hydroxylation sites is 1. The van der Waals surface area contributed by atoms with Crippen LogP contribution in [0.25, 0.3) is 0 Å². The normalized spacial score (nSPS) is 20.5. The first kappa shape index (κ1) is 12.4. The second-order valence-electron chi connectivity index (χ2n) is 5.92. The van der Waals surface area contributed by atoms with Gasteiger partial charge in [-0.3, -0.25) is 0 Å². The van der Waals surface area contributed by atoms with Crippen molar-refractivity contribution in [1.29, 1.82) is 0 Å². The van der Waals surface area contributed by atoms with E-state index in [0.717, 1.165) is 25.4 Å². The molecule has 0 radical (unpaired) electrons. The Labute approximate surface area is 104 Å². The van der Waals surface area contributed by atoms with Crippen LogP contribution < -0.4 is 10.1 Å². The molecule has 1 fully saturated rings. The van der Waals surface area contributed by atoms with E-state index >= 15 is 0 Å². The van der Waals surface area contributed by atoms with Gasteiger partial charge in [0.05, 0.1) is 6.61 Å². The summed E-state index contributed by atoms with van der Waals surface area (Å²) in [5.74, 6) is 1.72. The van der Waals surface area contributed by atoms with Crippen molar-refractivity contribution in [2.75, 3.05) is 19.7 Å². The highest BCUT2D eigenvalue weighted by Crippen LogP contribution is 2.31. The molecule has 2 nitrogen and oxygen atoms in total. The van der Waals surface area contributed by atoms with E-state index in [9.17, 15) is 0 Å². The molecule has 2 heteroatoms. The topological polar surface area (TPSA) is 21.3 Å². The molecule has 0 bridgehead atoms. The van der Waals surface area contributed by atoms with Crippen LogP contribution in [-0.4, -0.2) is 19.7 Å². The maximum Gasteiger partial charge on any atom is 0.123 e. The van der Waals surface area contributed by atoms with Crippen molar-refractivity contribution < 1.29 is 4.74 Å². The predicted octanol–water partition coefficient (Wildman–Crippen LogP) is 2.97. The highest BCUT2D eigenvalue weighted by Gasteiger charge is 2.20. The average molecular weight is 233 g/mol.